The molecule has 0 saturated heterocycles. The molecule has 0 aliphatic heterocycles. The molecular formula is C16H11ClN2O. The maximum absolute atomic E-state index is 6.06. The average Bonchev–Trinajstić information content (AvgIpc) is 2.88. The van der Waals surface area contributed by atoms with E-state index in [1.807, 2.05) is 60.7 Å². The van der Waals surface area contributed by atoms with E-state index in [9.17, 15) is 0 Å². The van der Waals surface area contributed by atoms with E-state index in [2.05, 4.69) is 9.98 Å². The summed E-state index contributed by atoms with van der Waals surface area (Å²) in [5, 5.41) is 0.247. The molecule has 1 heterocycles. The highest BCUT2D eigenvalue weighted by Gasteiger charge is 2.11. The third-order valence-corrected chi connectivity index (χ3v) is 3.00. The monoisotopic (exact) mass is 282 g/mol. The molecule has 0 radical (unpaired) electrons. The van der Waals surface area contributed by atoms with Gasteiger partial charge in [0.05, 0.1) is 0 Å². The van der Waals surface area contributed by atoms with Gasteiger partial charge in [0.15, 0.2) is 0 Å². The van der Waals surface area contributed by atoms with E-state index in [1.165, 1.54) is 0 Å². The molecule has 0 N–H and O–H groups in total. The van der Waals surface area contributed by atoms with Gasteiger partial charge in [-0.15, -0.1) is 0 Å². The topological polar surface area (TPSA) is 38.4 Å². The highest BCUT2D eigenvalue weighted by Crippen LogP contribution is 2.30. The Bertz CT molecular complexity index is 721. The third-order valence-electron chi connectivity index (χ3n) is 2.75. The van der Waals surface area contributed by atoms with Gasteiger partial charge in [-0.05, 0) is 17.2 Å². The summed E-state index contributed by atoms with van der Waals surface area (Å²) >= 11 is 6.06. The number of benzene rings is 2. The normalized spacial score (nSPS) is 11.1. The second-order valence-electron chi connectivity index (χ2n) is 4.15. The van der Waals surface area contributed by atoms with E-state index in [1.54, 1.807) is 6.21 Å². The second-order valence-corrected chi connectivity index (χ2v) is 4.50. The van der Waals surface area contributed by atoms with Crippen molar-refractivity contribution in [2.45, 2.75) is 0 Å². The maximum atomic E-state index is 6.06. The average molecular weight is 283 g/mol. The predicted molar refractivity (Wildman–Crippen MR) is 80.6 cm³/mol. The molecule has 3 nitrogen and oxygen atoms in total. The van der Waals surface area contributed by atoms with Crippen LogP contribution in [0.5, 0.6) is 0 Å². The van der Waals surface area contributed by atoms with E-state index >= 15 is 0 Å². The lowest BCUT2D eigenvalue weighted by Gasteiger charge is -1.93. The van der Waals surface area contributed by atoms with Crippen LogP contribution in [0.3, 0.4) is 0 Å². The summed E-state index contributed by atoms with van der Waals surface area (Å²) in [5.74, 6) is 0. The van der Waals surface area contributed by atoms with Crippen molar-refractivity contribution in [2.75, 3.05) is 0 Å². The molecular weight excluding hydrogens is 272 g/mol. The molecule has 0 aliphatic carbocycles. The lowest BCUT2D eigenvalue weighted by molar-refractivity contribution is 0.572. The van der Waals surface area contributed by atoms with Gasteiger partial charge in [-0.1, -0.05) is 60.7 Å². The Morgan fingerprint density at radius 2 is 1.60 bits per heavy atom. The molecule has 4 heteroatoms. The zero-order valence-electron chi connectivity index (χ0n) is 10.5. The zero-order chi connectivity index (χ0) is 13.8. The number of halogens is 1. The van der Waals surface area contributed by atoms with Crippen molar-refractivity contribution in [3.63, 3.8) is 0 Å². The molecule has 0 bridgehead atoms. The summed E-state index contributed by atoms with van der Waals surface area (Å²) in [6.07, 6.45) is 1.69. The van der Waals surface area contributed by atoms with Gasteiger partial charge in [-0.3, -0.25) is 0 Å². The zero-order valence-corrected chi connectivity index (χ0v) is 11.3. The van der Waals surface area contributed by atoms with Gasteiger partial charge in [-0.2, -0.15) is 4.98 Å². The first kappa shape index (κ1) is 12.6. The van der Waals surface area contributed by atoms with Crippen molar-refractivity contribution in [3.05, 3.63) is 71.4 Å². The first-order chi connectivity index (χ1) is 9.83. The molecule has 0 saturated carbocycles. The summed E-state index contributed by atoms with van der Waals surface area (Å²) in [5.41, 5.74) is 2.48. The molecule has 0 fully saturated rings. The van der Waals surface area contributed by atoms with E-state index in [-0.39, 0.29) is 11.2 Å². The maximum Gasteiger partial charge on any atom is 0.323 e. The van der Waals surface area contributed by atoms with Gasteiger partial charge < -0.3 is 4.42 Å². The van der Waals surface area contributed by atoms with E-state index in [0.717, 1.165) is 11.1 Å². The Labute approximate surface area is 121 Å². The summed E-state index contributed by atoms with van der Waals surface area (Å²) in [6.45, 7) is 0. The standard InChI is InChI=1S/C16H11ClN2O/c17-15-14(13-9-5-2-6-10-13)19-16(20-15)18-11-12-7-3-1-4-8-12/h1-11H/b18-11+. The molecule has 20 heavy (non-hydrogen) atoms. The summed E-state index contributed by atoms with van der Waals surface area (Å²) < 4.78 is 5.35. The van der Waals surface area contributed by atoms with Crippen LogP contribution >= 0.6 is 11.6 Å². The largest absolute Gasteiger partial charge is 0.409 e. The Morgan fingerprint density at radius 3 is 2.30 bits per heavy atom. The predicted octanol–water partition coefficient (Wildman–Crippen LogP) is 4.75. The SMILES string of the molecule is Clc1oc(/N=C/c2ccccc2)nc1-c1ccccc1. The van der Waals surface area contributed by atoms with Crippen molar-refractivity contribution >= 4 is 23.8 Å². The quantitative estimate of drug-likeness (QED) is 0.651. The summed E-state index contributed by atoms with van der Waals surface area (Å²) in [4.78, 5) is 8.49. The van der Waals surface area contributed by atoms with Crippen LogP contribution < -0.4 is 0 Å². The van der Waals surface area contributed by atoms with E-state index in [0.29, 0.717) is 5.69 Å². The molecule has 98 valence electrons. The number of aliphatic imine (C=N–C) groups is 1. The first-order valence-electron chi connectivity index (χ1n) is 6.14. The highest BCUT2D eigenvalue weighted by atomic mass is 35.5. The number of hydrogen-bond donors (Lipinski definition) is 0. The smallest absolute Gasteiger partial charge is 0.323 e. The number of aromatic nitrogens is 1. The van der Waals surface area contributed by atoms with Gasteiger partial charge in [0.1, 0.15) is 5.69 Å². The lowest BCUT2D eigenvalue weighted by Crippen LogP contribution is -1.79. The Balaban J connectivity index is 1.88. The molecule has 3 rings (SSSR count). The molecule has 0 amide bonds. The number of nitrogens with zero attached hydrogens (tertiary/aromatic N) is 2. The highest BCUT2D eigenvalue weighted by molar-refractivity contribution is 6.31. The molecule has 0 spiro atoms. The van der Waals surface area contributed by atoms with E-state index < -0.39 is 0 Å². The molecule has 3 aromatic rings. The number of rotatable bonds is 3. The second kappa shape index (κ2) is 5.72. The Morgan fingerprint density at radius 1 is 0.950 bits per heavy atom. The minimum atomic E-state index is 0.247. The molecule has 0 aliphatic rings. The molecule has 2 aromatic carbocycles. The minimum Gasteiger partial charge on any atom is -0.409 e. The van der Waals surface area contributed by atoms with Gasteiger partial charge in [0, 0.05) is 11.8 Å². The van der Waals surface area contributed by atoms with Gasteiger partial charge in [0.2, 0.25) is 5.22 Å². The van der Waals surface area contributed by atoms with Crippen molar-refractivity contribution < 1.29 is 4.42 Å². The molecule has 0 atom stereocenters. The van der Waals surface area contributed by atoms with Crippen LogP contribution in [0.1, 0.15) is 5.56 Å². The fraction of sp³-hybridized carbons (Fsp3) is 0. The Hall–Kier alpha value is -2.39. The fourth-order valence-electron chi connectivity index (χ4n) is 1.79. The van der Waals surface area contributed by atoms with Crippen LogP contribution in [0.4, 0.5) is 6.01 Å². The van der Waals surface area contributed by atoms with Gasteiger partial charge in [0.25, 0.3) is 0 Å². The van der Waals surface area contributed by atoms with Crippen molar-refractivity contribution in [1.29, 1.82) is 0 Å². The van der Waals surface area contributed by atoms with Crippen molar-refractivity contribution in [1.82, 2.24) is 4.98 Å². The summed E-state index contributed by atoms with van der Waals surface area (Å²) in [7, 11) is 0. The number of hydrogen-bond acceptors (Lipinski definition) is 3. The van der Waals surface area contributed by atoms with Crippen LogP contribution in [0.15, 0.2) is 70.1 Å². The van der Waals surface area contributed by atoms with Crippen LogP contribution in [-0.2, 0) is 0 Å². The summed E-state index contributed by atoms with van der Waals surface area (Å²) in [6, 6.07) is 19.6. The molecule has 1 aromatic heterocycles. The Kier molecular flexibility index (Phi) is 3.61. The van der Waals surface area contributed by atoms with Gasteiger partial charge in [-0.25, -0.2) is 4.99 Å². The van der Waals surface area contributed by atoms with Crippen molar-refractivity contribution in [2.24, 2.45) is 4.99 Å². The van der Waals surface area contributed by atoms with Crippen LogP contribution in [0, 0.1) is 0 Å². The van der Waals surface area contributed by atoms with Gasteiger partial charge >= 0.3 is 6.01 Å². The van der Waals surface area contributed by atoms with E-state index in [4.69, 9.17) is 16.0 Å². The lowest BCUT2D eigenvalue weighted by atomic mass is 10.2. The fourth-order valence-corrected chi connectivity index (χ4v) is 2.01. The third kappa shape index (κ3) is 2.78. The van der Waals surface area contributed by atoms with Crippen LogP contribution in [0.25, 0.3) is 11.3 Å². The number of oxazole rings is 1. The van der Waals surface area contributed by atoms with Crippen LogP contribution in [-0.4, -0.2) is 11.2 Å². The van der Waals surface area contributed by atoms with Crippen LogP contribution in [0.2, 0.25) is 5.22 Å². The molecule has 0 unspecified atom stereocenters. The minimum absolute atomic E-state index is 0.247. The first-order valence-corrected chi connectivity index (χ1v) is 6.51. The van der Waals surface area contributed by atoms with Crippen molar-refractivity contribution in [3.8, 4) is 11.3 Å².